The van der Waals surface area contributed by atoms with Crippen molar-refractivity contribution in [3.05, 3.63) is 11.9 Å². The zero-order chi connectivity index (χ0) is 10.8. The highest BCUT2D eigenvalue weighted by Crippen LogP contribution is 2.26. The molecule has 1 fully saturated rings. The number of carbonyl (C=O) groups is 1. The Morgan fingerprint density at radius 2 is 2.20 bits per heavy atom. The Morgan fingerprint density at radius 3 is 2.73 bits per heavy atom. The molecule has 0 unspecified atom stereocenters. The molecule has 82 valence electrons. The van der Waals surface area contributed by atoms with E-state index in [1.54, 1.807) is 10.9 Å². The maximum Gasteiger partial charge on any atom is 0.271 e. The highest BCUT2D eigenvalue weighted by Gasteiger charge is 2.17. The van der Waals surface area contributed by atoms with Crippen molar-refractivity contribution >= 4 is 11.6 Å². The molecule has 5 heteroatoms. The first-order chi connectivity index (χ1) is 7.16. The highest BCUT2D eigenvalue weighted by molar-refractivity contribution is 5.95. The van der Waals surface area contributed by atoms with E-state index in [0.717, 1.165) is 6.54 Å². The van der Waals surface area contributed by atoms with Crippen LogP contribution in [0.5, 0.6) is 0 Å². The fraction of sp³-hybridized carbons (Fsp3) is 0.600. The molecule has 2 rings (SSSR count). The molecular formula is C10H16N4O. The molecule has 5 nitrogen and oxygen atoms in total. The summed E-state index contributed by atoms with van der Waals surface area (Å²) in [5, 5.41) is 4.09. The van der Waals surface area contributed by atoms with Gasteiger partial charge >= 0.3 is 0 Å². The number of aromatic nitrogens is 2. The second kappa shape index (κ2) is 3.92. The second-order valence-electron chi connectivity index (χ2n) is 4.17. The Bertz CT molecular complexity index is 365. The molecule has 0 aromatic carbocycles. The van der Waals surface area contributed by atoms with Crippen LogP contribution in [0.2, 0.25) is 0 Å². The number of carbonyl (C=O) groups excluding carboxylic acids is 1. The average molecular weight is 208 g/mol. The van der Waals surface area contributed by atoms with Crippen molar-refractivity contribution in [2.75, 3.05) is 5.73 Å². The zero-order valence-corrected chi connectivity index (χ0v) is 8.65. The normalized spacial score (nSPS) is 17.1. The minimum atomic E-state index is -0.558. The molecule has 1 aliphatic carbocycles. The van der Waals surface area contributed by atoms with E-state index >= 15 is 0 Å². The quantitative estimate of drug-likeness (QED) is 0.768. The van der Waals surface area contributed by atoms with Crippen LogP contribution in [0, 0.1) is 5.92 Å². The van der Waals surface area contributed by atoms with Crippen LogP contribution < -0.4 is 11.5 Å². The lowest BCUT2D eigenvalue weighted by Gasteiger charge is -2.07. The lowest BCUT2D eigenvalue weighted by molar-refractivity contribution is 0.0995. The van der Waals surface area contributed by atoms with Crippen molar-refractivity contribution in [3.63, 3.8) is 0 Å². The van der Waals surface area contributed by atoms with E-state index in [-0.39, 0.29) is 5.69 Å². The minimum absolute atomic E-state index is 0.188. The van der Waals surface area contributed by atoms with Gasteiger partial charge in [0.15, 0.2) is 5.69 Å². The summed E-state index contributed by atoms with van der Waals surface area (Å²) in [6.07, 6.45) is 6.77. The lowest BCUT2D eigenvalue weighted by atomic mass is 10.1. The van der Waals surface area contributed by atoms with E-state index in [1.807, 2.05) is 0 Å². The van der Waals surface area contributed by atoms with Gasteiger partial charge in [0.05, 0.1) is 5.69 Å². The third kappa shape index (κ3) is 2.11. The van der Waals surface area contributed by atoms with Gasteiger partial charge in [-0.25, -0.2) is 0 Å². The van der Waals surface area contributed by atoms with Gasteiger partial charge in [-0.1, -0.05) is 12.8 Å². The molecule has 0 saturated heterocycles. The van der Waals surface area contributed by atoms with Crippen LogP contribution >= 0.6 is 0 Å². The van der Waals surface area contributed by atoms with Gasteiger partial charge < -0.3 is 11.5 Å². The van der Waals surface area contributed by atoms with Crippen LogP contribution in [-0.2, 0) is 6.54 Å². The smallest absolute Gasteiger partial charge is 0.271 e. The van der Waals surface area contributed by atoms with E-state index in [2.05, 4.69) is 5.10 Å². The Labute approximate surface area is 88.4 Å². The highest BCUT2D eigenvalue weighted by atomic mass is 16.1. The molecule has 0 bridgehead atoms. The number of nitrogens with zero attached hydrogens (tertiary/aromatic N) is 2. The molecule has 0 radical (unpaired) electrons. The summed E-state index contributed by atoms with van der Waals surface area (Å²) in [5.41, 5.74) is 11.3. The monoisotopic (exact) mass is 208 g/mol. The summed E-state index contributed by atoms with van der Waals surface area (Å²) in [4.78, 5) is 10.9. The number of nitrogens with two attached hydrogens (primary N) is 2. The summed E-state index contributed by atoms with van der Waals surface area (Å²) >= 11 is 0. The van der Waals surface area contributed by atoms with Crippen LogP contribution in [0.1, 0.15) is 36.2 Å². The van der Waals surface area contributed by atoms with Gasteiger partial charge in [0.1, 0.15) is 0 Å². The largest absolute Gasteiger partial charge is 0.396 e. The molecule has 0 spiro atoms. The maximum absolute atomic E-state index is 10.9. The first kappa shape index (κ1) is 10.0. The predicted molar refractivity (Wildman–Crippen MR) is 57.1 cm³/mol. The summed E-state index contributed by atoms with van der Waals surface area (Å²) in [6.45, 7) is 0.845. The predicted octanol–water partition coefficient (Wildman–Crippen LogP) is 0.754. The van der Waals surface area contributed by atoms with Gasteiger partial charge in [0, 0.05) is 12.7 Å². The van der Waals surface area contributed by atoms with Crippen LogP contribution in [0.15, 0.2) is 6.20 Å². The molecule has 4 N–H and O–H groups in total. The van der Waals surface area contributed by atoms with Gasteiger partial charge in [0.25, 0.3) is 5.91 Å². The standard InChI is InChI=1S/C10H16N4O/c11-8-6-14(13-9(8)10(12)15)5-7-3-1-2-4-7/h6-7H,1-5,11H2,(H2,12,15). The lowest BCUT2D eigenvalue weighted by Crippen LogP contribution is -2.15. The first-order valence-electron chi connectivity index (χ1n) is 5.29. The number of hydrogen-bond donors (Lipinski definition) is 2. The number of rotatable bonds is 3. The Hall–Kier alpha value is -1.52. The topological polar surface area (TPSA) is 86.9 Å². The van der Waals surface area contributed by atoms with Crippen LogP contribution in [0.3, 0.4) is 0 Å². The fourth-order valence-corrected chi connectivity index (χ4v) is 2.18. The SMILES string of the molecule is NC(=O)c1nn(CC2CCCC2)cc1N. The molecule has 15 heavy (non-hydrogen) atoms. The molecule has 1 heterocycles. The van der Waals surface area contributed by atoms with E-state index < -0.39 is 5.91 Å². The summed E-state index contributed by atoms with van der Waals surface area (Å²) in [5.74, 6) is 0.114. The molecular weight excluding hydrogens is 192 g/mol. The van der Waals surface area contributed by atoms with Gasteiger partial charge in [-0.15, -0.1) is 0 Å². The fourth-order valence-electron chi connectivity index (χ4n) is 2.18. The van der Waals surface area contributed by atoms with Gasteiger partial charge in [0.2, 0.25) is 0 Å². The second-order valence-corrected chi connectivity index (χ2v) is 4.17. The first-order valence-corrected chi connectivity index (χ1v) is 5.29. The van der Waals surface area contributed by atoms with Gasteiger partial charge in [-0.05, 0) is 18.8 Å². The molecule has 1 aliphatic rings. The number of amides is 1. The van der Waals surface area contributed by atoms with E-state index in [9.17, 15) is 4.79 Å². The summed E-state index contributed by atoms with van der Waals surface area (Å²) in [6, 6.07) is 0. The molecule has 0 atom stereocenters. The number of hydrogen-bond acceptors (Lipinski definition) is 3. The van der Waals surface area contributed by atoms with Crippen LogP contribution in [0.4, 0.5) is 5.69 Å². The third-order valence-electron chi connectivity index (χ3n) is 2.94. The van der Waals surface area contributed by atoms with E-state index in [1.165, 1.54) is 25.7 Å². The molecule has 1 aromatic rings. The van der Waals surface area contributed by atoms with Gasteiger partial charge in [-0.2, -0.15) is 5.10 Å². The van der Waals surface area contributed by atoms with E-state index in [4.69, 9.17) is 11.5 Å². The van der Waals surface area contributed by atoms with Crippen molar-refractivity contribution in [2.45, 2.75) is 32.2 Å². The number of nitrogen functional groups attached to an aromatic ring is 1. The Balaban J connectivity index is 2.08. The molecule has 1 aromatic heterocycles. The van der Waals surface area contributed by atoms with Crippen molar-refractivity contribution in [2.24, 2.45) is 11.7 Å². The van der Waals surface area contributed by atoms with Crippen molar-refractivity contribution in [3.8, 4) is 0 Å². The molecule has 1 amide bonds. The molecule has 0 aliphatic heterocycles. The van der Waals surface area contributed by atoms with Crippen LogP contribution in [-0.4, -0.2) is 15.7 Å². The van der Waals surface area contributed by atoms with E-state index in [0.29, 0.717) is 11.6 Å². The van der Waals surface area contributed by atoms with Crippen molar-refractivity contribution in [1.82, 2.24) is 9.78 Å². The number of primary amides is 1. The number of anilines is 1. The van der Waals surface area contributed by atoms with Crippen molar-refractivity contribution in [1.29, 1.82) is 0 Å². The van der Waals surface area contributed by atoms with Crippen LogP contribution in [0.25, 0.3) is 0 Å². The minimum Gasteiger partial charge on any atom is -0.396 e. The van der Waals surface area contributed by atoms with Gasteiger partial charge in [-0.3, -0.25) is 9.48 Å². The zero-order valence-electron chi connectivity index (χ0n) is 8.65. The Kier molecular flexibility index (Phi) is 2.62. The maximum atomic E-state index is 10.9. The third-order valence-corrected chi connectivity index (χ3v) is 2.94. The van der Waals surface area contributed by atoms with Crippen molar-refractivity contribution < 1.29 is 4.79 Å². The Morgan fingerprint density at radius 1 is 1.53 bits per heavy atom. The molecule has 1 saturated carbocycles. The summed E-state index contributed by atoms with van der Waals surface area (Å²) < 4.78 is 1.74. The summed E-state index contributed by atoms with van der Waals surface area (Å²) in [7, 11) is 0. The average Bonchev–Trinajstić information content (AvgIpc) is 2.75.